The minimum absolute atomic E-state index is 0.0602. The van der Waals surface area contributed by atoms with Crippen LogP contribution in [0.1, 0.15) is 25.7 Å². The first-order valence-corrected chi connectivity index (χ1v) is 5.32. The van der Waals surface area contributed by atoms with Crippen molar-refractivity contribution in [2.45, 2.75) is 31.0 Å². The van der Waals surface area contributed by atoms with E-state index in [4.69, 9.17) is 9.31 Å². The zero-order valence-corrected chi connectivity index (χ0v) is 7.87. The van der Waals surface area contributed by atoms with Gasteiger partial charge in [-0.25, -0.2) is 0 Å². The highest BCUT2D eigenvalue weighted by Crippen LogP contribution is 2.57. The van der Waals surface area contributed by atoms with E-state index in [1.165, 1.54) is 19.3 Å². The van der Waals surface area contributed by atoms with E-state index in [2.05, 4.69) is 12.2 Å². The highest BCUT2D eigenvalue weighted by molar-refractivity contribution is 6.50. The molecule has 1 aliphatic heterocycles. The monoisotopic (exact) mass is 178 g/mol. The Morgan fingerprint density at radius 1 is 1.31 bits per heavy atom. The molecular formula is C10H15BO2. The number of fused-ring (bicyclic) bond motifs is 2. The molecule has 0 N–H and O–H groups in total. The fourth-order valence-corrected chi connectivity index (χ4v) is 2.90. The first-order valence-electron chi connectivity index (χ1n) is 5.32. The molecule has 3 rings (SSSR count). The SMILES string of the molecule is C1=CC2(B3OCCCO3)CCC1C2. The summed E-state index contributed by atoms with van der Waals surface area (Å²) in [5.74, 6) is 0.814. The molecule has 3 heteroatoms. The maximum absolute atomic E-state index is 5.71. The van der Waals surface area contributed by atoms with Gasteiger partial charge in [0, 0.05) is 18.5 Å². The van der Waals surface area contributed by atoms with E-state index in [1.807, 2.05) is 0 Å². The third-order valence-electron chi connectivity index (χ3n) is 3.62. The van der Waals surface area contributed by atoms with Crippen molar-refractivity contribution in [2.75, 3.05) is 13.2 Å². The molecule has 70 valence electrons. The maximum atomic E-state index is 5.71. The Labute approximate surface area is 79.4 Å². The van der Waals surface area contributed by atoms with Crippen molar-refractivity contribution in [3.63, 3.8) is 0 Å². The summed E-state index contributed by atoms with van der Waals surface area (Å²) in [7, 11) is 0.0602. The van der Waals surface area contributed by atoms with E-state index in [9.17, 15) is 0 Å². The van der Waals surface area contributed by atoms with Crippen molar-refractivity contribution in [1.82, 2.24) is 0 Å². The van der Waals surface area contributed by atoms with Crippen LogP contribution in [0.2, 0.25) is 5.31 Å². The molecule has 1 saturated heterocycles. The summed E-state index contributed by atoms with van der Waals surface area (Å²) in [4.78, 5) is 0. The first kappa shape index (κ1) is 8.07. The zero-order chi connectivity index (χ0) is 8.73. The lowest BCUT2D eigenvalue weighted by molar-refractivity contribution is 0.119. The molecule has 2 bridgehead atoms. The van der Waals surface area contributed by atoms with Crippen LogP contribution in [0.5, 0.6) is 0 Å². The van der Waals surface area contributed by atoms with Crippen LogP contribution in [0.15, 0.2) is 12.2 Å². The van der Waals surface area contributed by atoms with Gasteiger partial charge in [0.05, 0.1) is 0 Å². The summed E-state index contributed by atoms with van der Waals surface area (Å²) in [6.07, 6.45) is 9.61. The molecule has 0 amide bonds. The van der Waals surface area contributed by atoms with Crippen molar-refractivity contribution in [3.05, 3.63) is 12.2 Å². The highest BCUT2D eigenvalue weighted by Gasteiger charge is 2.52. The van der Waals surface area contributed by atoms with E-state index in [-0.39, 0.29) is 12.4 Å². The average molecular weight is 178 g/mol. The molecule has 2 fully saturated rings. The molecule has 0 aromatic heterocycles. The van der Waals surface area contributed by atoms with Gasteiger partial charge >= 0.3 is 7.12 Å². The van der Waals surface area contributed by atoms with Gasteiger partial charge in [-0.15, -0.1) is 0 Å². The van der Waals surface area contributed by atoms with Crippen LogP contribution in [0.25, 0.3) is 0 Å². The molecule has 0 aromatic rings. The quantitative estimate of drug-likeness (QED) is 0.451. The van der Waals surface area contributed by atoms with Gasteiger partial charge in [-0.3, -0.25) is 0 Å². The fourth-order valence-electron chi connectivity index (χ4n) is 2.90. The smallest absolute Gasteiger partial charge is 0.411 e. The van der Waals surface area contributed by atoms with Gasteiger partial charge in [0.2, 0.25) is 0 Å². The second-order valence-corrected chi connectivity index (χ2v) is 4.52. The van der Waals surface area contributed by atoms with Crippen LogP contribution in [0, 0.1) is 5.92 Å². The van der Waals surface area contributed by atoms with Gasteiger partial charge in [0.15, 0.2) is 0 Å². The topological polar surface area (TPSA) is 18.5 Å². The van der Waals surface area contributed by atoms with E-state index < -0.39 is 0 Å². The Morgan fingerprint density at radius 2 is 2.15 bits per heavy atom. The lowest BCUT2D eigenvalue weighted by Gasteiger charge is -2.32. The molecule has 13 heavy (non-hydrogen) atoms. The zero-order valence-electron chi connectivity index (χ0n) is 7.87. The molecule has 3 aliphatic rings. The minimum atomic E-state index is 0.0602. The molecule has 0 aromatic carbocycles. The van der Waals surface area contributed by atoms with Gasteiger partial charge in [-0.1, -0.05) is 12.2 Å². The van der Waals surface area contributed by atoms with E-state index in [0.717, 1.165) is 25.6 Å². The minimum Gasteiger partial charge on any atom is -0.411 e. The molecule has 2 aliphatic carbocycles. The van der Waals surface area contributed by atoms with Crippen molar-refractivity contribution in [2.24, 2.45) is 5.92 Å². The average Bonchev–Trinajstić information content (AvgIpc) is 2.80. The second-order valence-electron chi connectivity index (χ2n) is 4.52. The van der Waals surface area contributed by atoms with Gasteiger partial charge in [-0.2, -0.15) is 0 Å². The standard InChI is InChI=1S/C10H15BO2/c1-6-12-11(13-7-1)10-4-2-9(8-10)3-5-10/h2,4,9H,1,3,5-8H2. The first-order chi connectivity index (χ1) is 6.39. The van der Waals surface area contributed by atoms with Crippen LogP contribution in [0.3, 0.4) is 0 Å². The molecule has 2 unspecified atom stereocenters. The summed E-state index contributed by atoms with van der Waals surface area (Å²) >= 11 is 0. The molecule has 2 atom stereocenters. The number of allylic oxidation sites excluding steroid dienone is 2. The summed E-state index contributed by atoms with van der Waals surface area (Å²) in [6, 6.07) is 0. The van der Waals surface area contributed by atoms with Crippen LogP contribution < -0.4 is 0 Å². The Bertz CT molecular complexity index is 235. The van der Waals surface area contributed by atoms with E-state index in [0.29, 0.717) is 0 Å². The Balaban J connectivity index is 1.79. The molecule has 2 nitrogen and oxygen atoms in total. The van der Waals surface area contributed by atoms with E-state index >= 15 is 0 Å². The summed E-state index contributed by atoms with van der Waals surface area (Å²) in [6.45, 7) is 1.76. The van der Waals surface area contributed by atoms with Gasteiger partial charge in [-0.05, 0) is 31.6 Å². The number of rotatable bonds is 1. The predicted molar refractivity (Wildman–Crippen MR) is 51.4 cm³/mol. The van der Waals surface area contributed by atoms with Crippen LogP contribution in [0.4, 0.5) is 0 Å². The Hall–Kier alpha value is -0.275. The van der Waals surface area contributed by atoms with Crippen molar-refractivity contribution in [1.29, 1.82) is 0 Å². The van der Waals surface area contributed by atoms with Crippen molar-refractivity contribution >= 4 is 7.12 Å². The summed E-state index contributed by atoms with van der Waals surface area (Å²) in [5.41, 5.74) is 0. The third-order valence-corrected chi connectivity index (χ3v) is 3.62. The molecular weight excluding hydrogens is 163 g/mol. The Kier molecular flexibility index (Phi) is 1.77. The normalized spacial score (nSPS) is 43.1. The molecule has 0 spiro atoms. The number of hydrogen-bond donors (Lipinski definition) is 0. The predicted octanol–water partition coefficient (Wildman–Crippen LogP) is 2.02. The van der Waals surface area contributed by atoms with Gasteiger partial charge in [0.25, 0.3) is 0 Å². The lowest BCUT2D eigenvalue weighted by Crippen LogP contribution is -2.39. The van der Waals surface area contributed by atoms with Gasteiger partial charge in [0.1, 0.15) is 0 Å². The second kappa shape index (κ2) is 2.86. The Morgan fingerprint density at radius 3 is 2.69 bits per heavy atom. The van der Waals surface area contributed by atoms with Crippen LogP contribution >= 0.6 is 0 Å². The molecule has 1 saturated carbocycles. The van der Waals surface area contributed by atoms with E-state index in [1.54, 1.807) is 0 Å². The van der Waals surface area contributed by atoms with Crippen molar-refractivity contribution in [3.8, 4) is 0 Å². The van der Waals surface area contributed by atoms with Crippen LogP contribution in [-0.4, -0.2) is 20.3 Å². The van der Waals surface area contributed by atoms with Crippen molar-refractivity contribution < 1.29 is 9.31 Å². The van der Waals surface area contributed by atoms with Crippen LogP contribution in [-0.2, 0) is 9.31 Å². The fraction of sp³-hybridized carbons (Fsp3) is 0.800. The molecule has 0 radical (unpaired) electrons. The third kappa shape index (κ3) is 1.17. The lowest BCUT2D eigenvalue weighted by atomic mass is 9.56. The highest BCUT2D eigenvalue weighted by atomic mass is 16.6. The van der Waals surface area contributed by atoms with Gasteiger partial charge < -0.3 is 9.31 Å². The number of hydrogen-bond acceptors (Lipinski definition) is 2. The summed E-state index contributed by atoms with van der Waals surface area (Å²) in [5, 5.41) is 0.255. The maximum Gasteiger partial charge on any atom is 0.467 e. The summed E-state index contributed by atoms with van der Waals surface area (Å²) < 4.78 is 11.4. The molecule has 1 heterocycles. The largest absolute Gasteiger partial charge is 0.467 e.